The number of nitrogens with one attached hydrogen (secondary N) is 1. The Hall–Kier alpha value is -2.71. The maximum absolute atomic E-state index is 12.8. The second-order valence-electron chi connectivity index (χ2n) is 9.12. The number of carbonyl (C=O) groups is 2. The number of sulfonamides is 1. The highest BCUT2D eigenvalue weighted by Crippen LogP contribution is 2.23. The highest BCUT2D eigenvalue weighted by molar-refractivity contribution is 7.89. The molecule has 34 heavy (non-hydrogen) atoms. The smallest absolute Gasteiger partial charge is 0.243 e. The average Bonchev–Trinajstić information content (AvgIpc) is 2.88. The van der Waals surface area contributed by atoms with Gasteiger partial charge in [-0.25, -0.2) is 8.42 Å². The summed E-state index contributed by atoms with van der Waals surface area (Å²) in [6.07, 6.45) is 5.16. The zero-order valence-corrected chi connectivity index (χ0v) is 20.3. The van der Waals surface area contributed by atoms with E-state index in [0.717, 1.165) is 30.5 Å². The van der Waals surface area contributed by atoms with Gasteiger partial charge in [-0.2, -0.15) is 4.31 Å². The molecule has 2 fully saturated rings. The molecule has 2 aromatic carbocycles. The molecule has 4 rings (SSSR count). The van der Waals surface area contributed by atoms with Gasteiger partial charge in [-0.1, -0.05) is 36.8 Å². The second-order valence-corrected chi connectivity index (χ2v) is 11.1. The second kappa shape index (κ2) is 11.1. The number of amides is 2. The number of likely N-dealkylation sites (tertiary alicyclic amines) is 1. The number of anilines is 1. The maximum atomic E-state index is 12.8. The van der Waals surface area contributed by atoms with Crippen molar-refractivity contribution in [3.63, 3.8) is 0 Å². The van der Waals surface area contributed by atoms with Crippen molar-refractivity contribution in [2.45, 2.75) is 49.8 Å². The number of para-hydroxylation sites is 1. The third-order valence-corrected chi connectivity index (χ3v) is 8.68. The highest BCUT2D eigenvalue weighted by Gasteiger charge is 2.28. The molecule has 2 aromatic rings. The molecule has 2 saturated heterocycles. The van der Waals surface area contributed by atoms with E-state index >= 15 is 0 Å². The number of carbonyl (C=O) groups excluding carboxylic acids is 2. The zero-order chi connectivity index (χ0) is 24.0. The van der Waals surface area contributed by atoms with Crippen molar-refractivity contribution in [1.82, 2.24) is 9.21 Å². The largest absolute Gasteiger partial charge is 0.343 e. The molecule has 2 heterocycles. The molecule has 0 aliphatic carbocycles. The Bertz CT molecular complexity index is 1070. The van der Waals surface area contributed by atoms with Gasteiger partial charge in [-0.3, -0.25) is 9.59 Å². The van der Waals surface area contributed by atoms with E-state index in [4.69, 9.17) is 0 Å². The number of piperidine rings is 2. The van der Waals surface area contributed by atoms with Crippen molar-refractivity contribution >= 4 is 27.5 Å². The Morgan fingerprint density at radius 2 is 1.50 bits per heavy atom. The summed E-state index contributed by atoms with van der Waals surface area (Å²) in [5.41, 5.74) is 1.74. The van der Waals surface area contributed by atoms with Crippen LogP contribution < -0.4 is 5.32 Å². The molecule has 0 aromatic heterocycles. The van der Waals surface area contributed by atoms with Crippen LogP contribution in [0.3, 0.4) is 0 Å². The molecular weight excluding hydrogens is 450 g/mol. The SMILES string of the molecule is O=C(Nc1ccccc1)C1CCN(C(=O)CCc2ccc(S(=O)(=O)N3CCCCC3)cc2)CC1. The first-order chi connectivity index (χ1) is 16.4. The van der Waals surface area contributed by atoms with E-state index in [0.29, 0.717) is 56.8 Å². The van der Waals surface area contributed by atoms with Gasteiger partial charge < -0.3 is 10.2 Å². The Labute approximate surface area is 202 Å². The lowest BCUT2D eigenvalue weighted by molar-refractivity contribution is -0.134. The fourth-order valence-electron chi connectivity index (χ4n) is 4.65. The molecular formula is C26H33N3O4S. The number of hydrogen-bond donors (Lipinski definition) is 1. The minimum atomic E-state index is -3.43. The molecule has 0 unspecified atom stereocenters. The summed E-state index contributed by atoms with van der Waals surface area (Å²) in [5.74, 6) is 0.00322. The Kier molecular flexibility index (Phi) is 8.00. The van der Waals surface area contributed by atoms with Crippen molar-refractivity contribution < 1.29 is 18.0 Å². The van der Waals surface area contributed by atoms with E-state index in [2.05, 4.69) is 5.32 Å². The van der Waals surface area contributed by atoms with Gasteiger partial charge in [0.15, 0.2) is 0 Å². The van der Waals surface area contributed by atoms with Crippen LogP contribution in [0.4, 0.5) is 5.69 Å². The van der Waals surface area contributed by atoms with Gasteiger partial charge in [0.1, 0.15) is 0 Å². The first-order valence-corrected chi connectivity index (χ1v) is 13.6. The maximum Gasteiger partial charge on any atom is 0.243 e. The molecule has 0 spiro atoms. The third kappa shape index (κ3) is 6.04. The Balaban J connectivity index is 1.23. The molecule has 2 aliphatic rings. The number of rotatable bonds is 7. The van der Waals surface area contributed by atoms with Gasteiger partial charge in [0.25, 0.3) is 0 Å². The number of benzene rings is 2. The van der Waals surface area contributed by atoms with Gasteiger partial charge in [0, 0.05) is 44.2 Å². The van der Waals surface area contributed by atoms with E-state index < -0.39 is 10.0 Å². The molecule has 1 N–H and O–H groups in total. The summed E-state index contributed by atoms with van der Waals surface area (Å²) in [6.45, 7) is 2.34. The van der Waals surface area contributed by atoms with E-state index in [1.807, 2.05) is 47.4 Å². The summed E-state index contributed by atoms with van der Waals surface area (Å²) < 4.78 is 27.1. The molecule has 0 saturated carbocycles. The van der Waals surface area contributed by atoms with Gasteiger partial charge in [0.2, 0.25) is 21.8 Å². The topological polar surface area (TPSA) is 86.8 Å². The van der Waals surface area contributed by atoms with Gasteiger partial charge in [-0.05, 0) is 61.9 Å². The van der Waals surface area contributed by atoms with Crippen LogP contribution in [0.25, 0.3) is 0 Å². The average molecular weight is 484 g/mol. The molecule has 0 atom stereocenters. The molecule has 182 valence electrons. The first kappa shape index (κ1) is 24.4. The zero-order valence-electron chi connectivity index (χ0n) is 19.5. The first-order valence-electron chi connectivity index (χ1n) is 12.2. The normalized spacial score (nSPS) is 17.9. The van der Waals surface area contributed by atoms with Crippen LogP contribution in [-0.4, -0.2) is 55.6 Å². The minimum absolute atomic E-state index is 0.0119. The van der Waals surface area contributed by atoms with Gasteiger partial charge in [-0.15, -0.1) is 0 Å². The van der Waals surface area contributed by atoms with Crippen LogP contribution in [0, 0.1) is 5.92 Å². The predicted molar refractivity (Wildman–Crippen MR) is 132 cm³/mol. The molecule has 8 heteroatoms. The number of aryl methyl sites for hydroxylation is 1. The third-order valence-electron chi connectivity index (χ3n) is 6.76. The standard InChI is InChI=1S/C26H33N3O4S/c30-25(28-19-15-22(16-20-28)26(31)27-23-7-3-1-4-8-23)14-11-21-9-12-24(13-10-21)34(32,33)29-17-5-2-6-18-29/h1,3-4,7-10,12-13,22H,2,5-6,11,14-20H2,(H,27,31). The van der Waals surface area contributed by atoms with Crippen LogP contribution in [0.2, 0.25) is 0 Å². The lowest BCUT2D eigenvalue weighted by atomic mass is 9.95. The Morgan fingerprint density at radius 3 is 2.15 bits per heavy atom. The van der Waals surface area contributed by atoms with Crippen LogP contribution in [0.5, 0.6) is 0 Å². The molecule has 7 nitrogen and oxygen atoms in total. The summed E-state index contributed by atoms with van der Waals surface area (Å²) >= 11 is 0. The lowest BCUT2D eigenvalue weighted by Crippen LogP contribution is -2.41. The predicted octanol–water partition coefficient (Wildman–Crippen LogP) is 3.67. The fraction of sp³-hybridized carbons (Fsp3) is 0.462. The van der Waals surface area contributed by atoms with Crippen LogP contribution in [0.1, 0.15) is 44.1 Å². The van der Waals surface area contributed by atoms with Crippen molar-refractivity contribution in [3.05, 3.63) is 60.2 Å². The van der Waals surface area contributed by atoms with E-state index in [1.165, 1.54) is 0 Å². The van der Waals surface area contributed by atoms with Crippen molar-refractivity contribution in [1.29, 1.82) is 0 Å². The highest BCUT2D eigenvalue weighted by atomic mass is 32.2. The summed E-state index contributed by atoms with van der Waals surface area (Å²) in [6, 6.07) is 16.3. The van der Waals surface area contributed by atoms with E-state index in [-0.39, 0.29) is 17.7 Å². The van der Waals surface area contributed by atoms with Gasteiger partial charge in [0.05, 0.1) is 4.90 Å². The van der Waals surface area contributed by atoms with Crippen molar-refractivity contribution in [3.8, 4) is 0 Å². The quantitative estimate of drug-likeness (QED) is 0.651. The number of nitrogens with zero attached hydrogens (tertiary/aromatic N) is 2. The summed E-state index contributed by atoms with van der Waals surface area (Å²) in [7, 11) is -3.43. The van der Waals surface area contributed by atoms with Crippen LogP contribution in [-0.2, 0) is 26.0 Å². The molecule has 2 aliphatic heterocycles. The lowest BCUT2D eigenvalue weighted by Gasteiger charge is -2.31. The summed E-state index contributed by atoms with van der Waals surface area (Å²) in [5, 5.41) is 2.95. The molecule has 0 radical (unpaired) electrons. The molecule has 0 bridgehead atoms. The van der Waals surface area contributed by atoms with Crippen molar-refractivity contribution in [2.24, 2.45) is 5.92 Å². The monoisotopic (exact) mass is 483 g/mol. The molecule has 2 amide bonds. The van der Waals surface area contributed by atoms with Crippen molar-refractivity contribution in [2.75, 3.05) is 31.5 Å². The van der Waals surface area contributed by atoms with E-state index in [1.54, 1.807) is 16.4 Å². The Morgan fingerprint density at radius 1 is 0.853 bits per heavy atom. The van der Waals surface area contributed by atoms with Crippen LogP contribution >= 0.6 is 0 Å². The van der Waals surface area contributed by atoms with E-state index in [9.17, 15) is 18.0 Å². The minimum Gasteiger partial charge on any atom is -0.343 e. The van der Waals surface area contributed by atoms with Gasteiger partial charge >= 0.3 is 0 Å². The number of hydrogen-bond acceptors (Lipinski definition) is 4. The van der Waals surface area contributed by atoms with Crippen LogP contribution in [0.15, 0.2) is 59.5 Å². The summed E-state index contributed by atoms with van der Waals surface area (Å²) in [4.78, 5) is 27.3. The fourth-order valence-corrected chi connectivity index (χ4v) is 6.17.